The molecule has 0 amide bonds. The van der Waals surface area contributed by atoms with Crippen molar-refractivity contribution >= 4 is 56.6 Å². The van der Waals surface area contributed by atoms with E-state index in [1.54, 1.807) is 13.4 Å². The number of likely N-dealkylation sites (tertiary alicyclic amines) is 1. The molecule has 1 aromatic carbocycles. The van der Waals surface area contributed by atoms with E-state index in [-0.39, 0.29) is 12.4 Å². The number of fused-ring (bicyclic) bond motifs is 1. The van der Waals surface area contributed by atoms with Crippen molar-refractivity contribution in [2.75, 3.05) is 87.8 Å². The zero-order valence-electron chi connectivity index (χ0n) is 21.5. The molecule has 0 unspecified atom stereocenters. The standard InChI is InChI=1S/C25H35BrN8O2.ClH/c1-18-20(27-5-8-32-6-3-4-7-32)15-19(36-14-13-35-2)16-21(18)33-9-11-34(12-10-33)25-22-23(26)30-31-24(22)28-17-29-25;/h15-17,27H,3-14H2,1-2H3,(H,28,29,30,31);1H. The van der Waals surface area contributed by atoms with Crippen LogP contribution in [0.1, 0.15) is 18.4 Å². The molecule has 4 heterocycles. The molecular formula is C25H36BrClN8O2. The molecule has 10 nitrogen and oxygen atoms in total. The predicted molar refractivity (Wildman–Crippen MR) is 154 cm³/mol. The van der Waals surface area contributed by atoms with Crippen molar-refractivity contribution in [1.29, 1.82) is 0 Å². The lowest BCUT2D eigenvalue weighted by molar-refractivity contribution is 0.146. The van der Waals surface area contributed by atoms with Crippen molar-refractivity contribution < 1.29 is 9.47 Å². The summed E-state index contributed by atoms with van der Waals surface area (Å²) in [7, 11) is 1.70. The van der Waals surface area contributed by atoms with Gasteiger partial charge in [0.05, 0.1) is 12.0 Å². The van der Waals surface area contributed by atoms with E-state index in [2.05, 4.69) is 75.2 Å². The van der Waals surface area contributed by atoms with Crippen LogP contribution in [0.4, 0.5) is 17.2 Å². The Labute approximate surface area is 232 Å². The maximum absolute atomic E-state index is 6.05. The van der Waals surface area contributed by atoms with Crippen molar-refractivity contribution in [3.8, 4) is 5.75 Å². The molecular weight excluding hydrogens is 560 g/mol. The van der Waals surface area contributed by atoms with Gasteiger partial charge in [0.2, 0.25) is 0 Å². The number of methoxy groups -OCH3 is 1. The topological polar surface area (TPSA) is 94.7 Å². The monoisotopic (exact) mass is 594 g/mol. The lowest BCUT2D eigenvalue weighted by atomic mass is 10.1. The number of ether oxygens (including phenoxy) is 2. The molecule has 0 aliphatic carbocycles. The van der Waals surface area contributed by atoms with Crippen LogP contribution in [0.3, 0.4) is 0 Å². The number of piperazine rings is 1. The lowest BCUT2D eigenvalue weighted by Gasteiger charge is -2.38. The normalized spacial score (nSPS) is 16.3. The summed E-state index contributed by atoms with van der Waals surface area (Å²) in [5.41, 5.74) is 4.29. The van der Waals surface area contributed by atoms with Crippen LogP contribution in [-0.4, -0.2) is 97.7 Å². The molecule has 2 N–H and O–H groups in total. The van der Waals surface area contributed by atoms with E-state index in [1.165, 1.54) is 37.2 Å². The summed E-state index contributed by atoms with van der Waals surface area (Å²) in [6, 6.07) is 4.30. The minimum Gasteiger partial charge on any atom is -0.491 e. The van der Waals surface area contributed by atoms with Gasteiger partial charge >= 0.3 is 0 Å². The zero-order chi connectivity index (χ0) is 24.9. The van der Waals surface area contributed by atoms with Crippen LogP contribution in [0, 0.1) is 6.92 Å². The zero-order valence-corrected chi connectivity index (χ0v) is 23.9. The number of aromatic nitrogens is 4. The molecule has 2 aliphatic rings. The summed E-state index contributed by atoms with van der Waals surface area (Å²) in [6.45, 7) is 11.2. The highest BCUT2D eigenvalue weighted by Gasteiger charge is 2.24. The number of hydrogen-bond acceptors (Lipinski definition) is 9. The Bertz CT molecular complexity index is 1170. The van der Waals surface area contributed by atoms with Gasteiger partial charge in [0.15, 0.2) is 5.65 Å². The summed E-state index contributed by atoms with van der Waals surface area (Å²) in [6.07, 6.45) is 4.22. The van der Waals surface area contributed by atoms with E-state index in [0.29, 0.717) is 18.9 Å². The smallest absolute Gasteiger partial charge is 0.187 e. The van der Waals surface area contributed by atoms with Crippen molar-refractivity contribution in [3.63, 3.8) is 0 Å². The molecule has 37 heavy (non-hydrogen) atoms. The number of H-pyrrole nitrogens is 1. The Morgan fingerprint density at radius 1 is 1.03 bits per heavy atom. The maximum atomic E-state index is 6.05. The van der Waals surface area contributed by atoms with Crippen LogP contribution >= 0.6 is 28.3 Å². The van der Waals surface area contributed by atoms with Crippen molar-refractivity contribution in [2.45, 2.75) is 19.8 Å². The number of nitrogens with zero attached hydrogens (tertiary/aromatic N) is 6. The molecule has 0 radical (unpaired) electrons. The fourth-order valence-corrected chi connectivity index (χ4v) is 5.51. The number of benzene rings is 1. The minimum absolute atomic E-state index is 0. The largest absolute Gasteiger partial charge is 0.491 e. The van der Waals surface area contributed by atoms with Gasteiger partial charge in [-0.3, -0.25) is 5.10 Å². The average molecular weight is 596 g/mol. The van der Waals surface area contributed by atoms with E-state index in [9.17, 15) is 0 Å². The number of aromatic amines is 1. The number of anilines is 3. The fourth-order valence-electron chi connectivity index (χ4n) is 5.07. The van der Waals surface area contributed by atoms with Crippen molar-refractivity contribution in [3.05, 3.63) is 28.6 Å². The molecule has 2 saturated heterocycles. The highest BCUT2D eigenvalue weighted by molar-refractivity contribution is 9.10. The Hall–Kier alpha value is -2.34. The van der Waals surface area contributed by atoms with Gasteiger partial charge in [0.25, 0.3) is 0 Å². The van der Waals surface area contributed by atoms with Gasteiger partial charge in [0.1, 0.15) is 29.1 Å². The summed E-state index contributed by atoms with van der Waals surface area (Å²) in [4.78, 5) is 16.1. The predicted octanol–water partition coefficient (Wildman–Crippen LogP) is 3.71. The van der Waals surface area contributed by atoms with Crippen molar-refractivity contribution in [1.82, 2.24) is 25.1 Å². The minimum atomic E-state index is 0. The van der Waals surface area contributed by atoms with Gasteiger partial charge in [-0.05, 0) is 54.3 Å². The van der Waals surface area contributed by atoms with Gasteiger partial charge in [-0.15, -0.1) is 12.4 Å². The molecule has 0 saturated carbocycles. The molecule has 0 atom stereocenters. The van der Waals surface area contributed by atoms with Crippen LogP contribution < -0.4 is 19.9 Å². The second-order valence-electron chi connectivity index (χ2n) is 9.34. The highest BCUT2D eigenvalue weighted by atomic mass is 79.9. The molecule has 3 aromatic rings. The second-order valence-corrected chi connectivity index (χ2v) is 10.1. The SMILES string of the molecule is COCCOc1cc(NCCN2CCCC2)c(C)c(N2CCN(c3ncnc4n[nH]c(Br)c34)CC2)c1.Cl. The van der Waals surface area contributed by atoms with Gasteiger partial charge < -0.3 is 29.5 Å². The fraction of sp³-hybridized carbons (Fsp3) is 0.560. The molecule has 12 heteroatoms. The molecule has 2 aliphatic heterocycles. The molecule has 2 fully saturated rings. The van der Waals surface area contributed by atoms with Crippen LogP contribution in [0.25, 0.3) is 11.0 Å². The summed E-state index contributed by atoms with van der Waals surface area (Å²) < 4.78 is 12.1. The van der Waals surface area contributed by atoms with Crippen LogP contribution in [0.15, 0.2) is 23.1 Å². The van der Waals surface area contributed by atoms with Crippen molar-refractivity contribution in [2.24, 2.45) is 0 Å². The number of nitrogens with one attached hydrogen (secondary N) is 2. The van der Waals surface area contributed by atoms with Gasteiger partial charge in [-0.2, -0.15) is 5.10 Å². The molecule has 202 valence electrons. The van der Waals surface area contributed by atoms with E-state index in [1.807, 2.05) is 0 Å². The number of halogens is 2. The van der Waals surface area contributed by atoms with Crippen LogP contribution in [-0.2, 0) is 4.74 Å². The van der Waals surface area contributed by atoms with E-state index in [0.717, 1.165) is 66.5 Å². The summed E-state index contributed by atoms with van der Waals surface area (Å²) in [5, 5.41) is 11.8. The average Bonchev–Trinajstić information content (AvgIpc) is 3.56. The van der Waals surface area contributed by atoms with Gasteiger partial charge in [0, 0.05) is 69.9 Å². The third kappa shape index (κ3) is 6.39. The highest BCUT2D eigenvalue weighted by Crippen LogP contribution is 2.35. The van der Waals surface area contributed by atoms with E-state index in [4.69, 9.17) is 9.47 Å². The summed E-state index contributed by atoms with van der Waals surface area (Å²) in [5.74, 6) is 1.79. The Balaban J connectivity index is 0.00000320. The first-order chi connectivity index (χ1) is 17.6. The first-order valence-corrected chi connectivity index (χ1v) is 13.5. The first kappa shape index (κ1) is 27.7. The lowest BCUT2D eigenvalue weighted by Crippen LogP contribution is -2.47. The molecule has 0 bridgehead atoms. The Kier molecular flexibility index (Phi) is 9.69. The van der Waals surface area contributed by atoms with E-state index < -0.39 is 0 Å². The van der Waals surface area contributed by atoms with Crippen LogP contribution in [0.5, 0.6) is 5.75 Å². The maximum Gasteiger partial charge on any atom is 0.187 e. The molecule has 0 spiro atoms. The van der Waals surface area contributed by atoms with Crippen LogP contribution in [0.2, 0.25) is 0 Å². The number of hydrogen-bond donors (Lipinski definition) is 2. The van der Waals surface area contributed by atoms with E-state index >= 15 is 0 Å². The molecule has 5 rings (SSSR count). The second kappa shape index (κ2) is 12.9. The van der Waals surface area contributed by atoms with Gasteiger partial charge in [-0.1, -0.05) is 0 Å². The van der Waals surface area contributed by atoms with Gasteiger partial charge in [-0.25, -0.2) is 9.97 Å². The summed E-state index contributed by atoms with van der Waals surface area (Å²) >= 11 is 3.56. The Morgan fingerprint density at radius 3 is 2.54 bits per heavy atom. The first-order valence-electron chi connectivity index (χ1n) is 12.7. The third-order valence-electron chi connectivity index (χ3n) is 7.06. The Morgan fingerprint density at radius 2 is 1.78 bits per heavy atom. The quantitative estimate of drug-likeness (QED) is 0.340. The third-order valence-corrected chi connectivity index (χ3v) is 7.63. The number of rotatable bonds is 10. The molecule has 2 aromatic heterocycles.